The summed E-state index contributed by atoms with van der Waals surface area (Å²) in [5.74, 6) is -0.461. The van der Waals surface area contributed by atoms with Gasteiger partial charge in [-0.15, -0.1) is 0 Å². The maximum absolute atomic E-state index is 12.1. The molecule has 0 aromatic heterocycles. The molecule has 1 aliphatic rings. The fraction of sp³-hybridized carbons (Fsp3) is 0.824. The summed E-state index contributed by atoms with van der Waals surface area (Å²) in [4.78, 5) is 35.7. The van der Waals surface area contributed by atoms with Gasteiger partial charge in [0.2, 0.25) is 11.8 Å². The van der Waals surface area contributed by atoms with E-state index in [2.05, 4.69) is 10.6 Å². The molecule has 0 bridgehead atoms. The van der Waals surface area contributed by atoms with Crippen molar-refractivity contribution in [3.05, 3.63) is 0 Å². The van der Waals surface area contributed by atoms with Crippen molar-refractivity contribution >= 4 is 17.8 Å². The van der Waals surface area contributed by atoms with Crippen LogP contribution in [0.1, 0.15) is 65.2 Å². The van der Waals surface area contributed by atoms with E-state index in [9.17, 15) is 14.4 Å². The van der Waals surface area contributed by atoms with E-state index in [4.69, 9.17) is 4.74 Å². The second kappa shape index (κ2) is 11.0. The Morgan fingerprint density at radius 3 is 2.17 bits per heavy atom. The normalized spacial score (nSPS) is 23.6. The van der Waals surface area contributed by atoms with Crippen LogP contribution in [-0.2, 0) is 19.1 Å². The smallest absolute Gasteiger partial charge is 0.328 e. The second-order valence-corrected chi connectivity index (χ2v) is 6.43. The molecule has 2 N–H and O–H groups in total. The lowest BCUT2D eigenvalue weighted by molar-refractivity contribution is -0.149. The van der Waals surface area contributed by atoms with Crippen molar-refractivity contribution in [2.24, 2.45) is 5.92 Å². The number of ether oxygens (including phenoxy) is 1. The van der Waals surface area contributed by atoms with Gasteiger partial charge in [-0.1, -0.05) is 33.1 Å². The summed E-state index contributed by atoms with van der Waals surface area (Å²) < 4.78 is 5.22. The highest BCUT2D eigenvalue weighted by Crippen LogP contribution is 2.09. The maximum atomic E-state index is 12.1. The Kier molecular flexibility index (Phi) is 9.33. The predicted molar refractivity (Wildman–Crippen MR) is 87.7 cm³/mol. The van der Waals surface area contributed by atoms with Crippen molar-refractivity contribution in [1.82, 2.24) is 10.6 Å². The van der Waals surface area contributed by atoms with Crippen molar-refractivity contribution in [1.29, 1.82) is 0 Å². The average Bonchev–Trinajstić information content (AvgIpc) is 2.50. The first-order valence-corrected chi connectivity index (χ1v) is 8.73. The number of nitrogens with one attached hydrogen (secondary N) is 2. The van der Waals surface area contributed by atoms with Gasteiger partial charge in [-0.25, -0.2) is 4.79 Å². The molecule has 0 radical (unpaired) electrons. The second-order valence-electron chi connectivity index (χ2n) is 6.43. The molecule has 1 aliphatic heterocycles. The van der Waals surface area contributed by atoms with E-state index in [1.54, 1.807) is 0 Å². The Bertz CT molecular complexity index is 396. The summed E-state index contributed by atoms with van der Waals surface area (Å²) in [7, 11) is 0. The zero-order chi connectivity index (χ0) is 17.1. The van der Waals surface area contributed by atoms with Gasteiger partial charge in [-0.2, -0.15) is 0 Å². The van der Waals surface area contributed by atoms with E-state index in [0.29, 0.717) is 25.8 Å². The van der Waals surface area contributed by atoms with E-state index >= 15 is 0 Å². The molecule has 0 saturated carbocycles. The van der Waals surface area contributed by atoms with Gasteiger partial charge in [0, 0.05) is 19.4 Å². The first kappa shape index (κ1) is 19.5. The van der Waals surface area contributed by atoms with Crippen LogP contribution in [0.15, 0.2) is 0 Å². The monoisotopic (exact) mass is 326 g/mol. The highest BCUT2D eigenvalue weighted by molar-refractivity contribution is 5.84. The third-order valence-corrected chi connectivity index (χ3v) is 3.93. The standard InChI is InChI=1S/C17H30N2O4/c1-13(2)16-17(22)23-12-8-11-18-14(20)9-6-4-3-5-7-10-15(21)19-16/h13,16H,3-12H2,1-2H3,(H,18,20)(H,19,21)/t16-/m0/s1. The van der Waals surface area contributed by atoms with Crippen LogP contribution in [0.25, 0.3) is 0 Å². The summed E-state index contributed by atoms with van der Waals surface area (Å²) in [5.41, 5.74) is 0. The maximum Gasteiger partial charge on any atom is 0.328 e. The van der Waals surface area contributed by atoms with Crippen molar-refractivity contribution in [2.45, 2.75) is 71.3 Å². The fourth-order valence-electron chi connectivity index (χ4n) is 2.50. The molecule has 0 unspecified atom stereocenters. The number of hydrogen-bond donors (Lipinski definition) is 2. The molecule has 0 aromatic rings. The zero-order valence-corrected chi connectivity index (χ0v) is 14.4. The highest BCUT2D eigenvalue weighted by Gasteiger charge is 2.25. The molecule has 2 amide bonds. The van der Waals surface area contributed by atoms with Gasteiger partial charge in [0.1, 0.15) is 6.04 Å². The lowest BCUT2D eigenvalue weighted by Gasteiger charge is -2.21. The number of amides is 2. The molecule has 1 saturated heterocycles. The van der Waals surface area contributed by atoms with Gasteiger partial charge < -0.3 is 15.4 Å². The van der Waals surface area contributed by atoms with Gasteiger partial charge in [0.25, 0.3) is 0 Å². The van der Waals surface area contributed by atoms with Crippen LogP contribution in [-0.4, -0.2) is 37.0 Å². The van der Waals surface area contributed by atoms with E-state index in [-0.39, 0.29) is 24.3 Å². The molecular formula is C17H30N2O4. The van der Waals surface area contributed by atoms with Crippen LogP contribution in [0.3, 0.4) is 0 Å². The fourth-order valence-corrected chi connectivity index (χ4v) is 2.50. The van der Waals surface area contributed by atoms with E-state index in [0.717, 1.165) is 32.1 Å². The van der Waals surface area contributed by atoms with Gasteiger partial charge >= 0.3 is 5.97 Å². The summed E-state index contributed by atoms with van der Waals surface area (Å²) in [6.45, 7) is 4.52. The van der Waals surface area contributed by atoms with Gasteiger partial charge in [0.05, 0.1) is 6.61 Å². The van der Waals surface area contributed by atoms with Crippen molar-refractivity contribution in [3.63, 3.8) is 0 Å². The SMILES string of the molecule is CC(C)[C@@H]1NC(=O)CCCCCCCC(=O)NCCCOC1=O. The van der Waals surface area contributed by atoms with Crippen LogP contribution < -0.4 is 10.6 Å². The third kappa shape index (κ3) is 8.57. The first-order chi connectivity index (χ1) is 11.0. The van der Waals surface area contributed by atoms with Gasteiger partial charge in [-0.05, 0) is 25.2 Å². The van der Waals surface area contributed by atoms with Crippen LogP contribution >= 0.6 is 0 Å². The summed E-state index contributed by atoms with van der Waals surface area (Å²) in [5, 5.41) is 5.62. The van der Waals surface area contributed by atoms with E-state index in [1.165, 1.54) is 0 Å². The lowest BCUT2D eigenvalue weighted by atomic mass is 10.0. The van der Waals surface area contributed by atoms with Crippen LogP contribution in [0.4, 0.5) is 0 Å². The molecule has 132 valence electrons. The van der Waals surface area contributed by atoms with Crippen LogP contribution in [0, 0.1) is 5.92 Å². The average molecular weight is 326 g/mol. The molecule has 1 rings (SSSR count). The minimum atomic E-state index is -0.604. The number of cyclic esters (lactones) is 1. The molecule has 23 heavy (non-hydrogen) atoms. The Morgan fingerprint density at radius 1 is 0.913 bits per heavy atom. The van der Waals surface area contributed by atoms with Crippen molar-refractivity contribution < 1.29 is 19.1 Å². The lowest BCUT2D eigenvalue weighted by Crippen LogP contribution is -2.45. The molecule has 1 atom stereocenters. The predicted octanol–water partition coefficient (Wildman–Crippen LogP) is 1.92. The van der Waals surface area contributed by atoms with E-state index < -0.39 is 12.0 Å². The number of rotatable bonds is 1. The Balaban J connectivity index is 2.55. The van der Waals surface area contributed by atoms with Gasteiger partial charge in [-0.3, -0.25) is 9.59 Å². The number of carbonyl (C=O) groups excluding carboxylic acids is 3. The minimum absolute atomic E-state index is 0.0202. The third-order valence-electron chi connectivity index (χ3n) is 3.93. The topological polar surface area (TPSA) is 84.5 Å². The van der Waals surface area contributed by atoms with Crippen LogP contribution in [0.2, 0.25) is 0 Å². The molecule has 6 nitrogen and oxygen atoms in total. The number of esters is 1. The van der Waals surface area contributed by atoms with Gasteiger partial charge in [0.15, 0.2) is 0 Å². The van der Waals surface area contributed by atoms with E-state index in [1.807, 2.05) is 13.8 Å². The molecule has 6 heteroatoms. The Hall–Kier alpha value is -1.59. The van der Waals surface area contributed by atoms with Crippen molar-refractivity contribution in [3.8, 4) is 0 Å². The molecule has 0 aliphatic carbocycles. The number of carbonyl (C=O) groups is 3. The minimum Gasteiger partial charge on any atom is -0.464 e. The molecule has 0 aromatic carbocycles. The number of hydrogen-bond acceptors (Lipinski definition) is 4. The molecule has 1 fully saturated rings. The summed E-state index contributed by atoms with van der Waals surface area (Å²) >= 11 is 0. The summed E-state index contributed by atoms with van der Waals surface area (Å²) in [6, 6.07) is -0.604. The largest absolute Gasteiger partial charge is 0.464 e. The quantitative estimate of drug-likeness (QED) is 0.721. The summed E-state index contributed by atoms with van der Waals surface area (Å²) in [6.07, 6.45) is 6.22. The molecule has 1 heterocycles. The first-order valence-electron chi connectivity index (χ1n) is 8.73. The highest BCUT2D eigenvalue weighted by atomic mass is 16.5. The Labute approximate surface area is 138 Å². The molecule has 0 spiro atoms. The molecular weight excluding hydrogens is 296 g/mol. The Morgan fingerprint density at radius 2 is 1.52 bits per heavy atom. The van der Waals surface area contributed by atoms with Crippen molar-refractivity contribution in [2.75, 3.05) is 13.2 Å². The van der Waals surface area contributed by atoms with Crippen LogP contribution in [0.5, 0.6) is 0 Å². The zero-order valence-electron chi connectivity index (χ0n) is 14.4.